The molecule has 208 valence electrons. The van der Waals surface area contributed by atoms with Gasteiger partial charge in [0.2, 0.25) is 5.82 Å². The van der Waals surface area contributed by atoms with Crippen LogP contribution in [0, 0.1) is 18.8 Å². The summed E-state index contributed by atoms with van der Waals surface area (Å²) in [5.41, 5.74) is -2.12. The van der Waals surface area contributed by atoms with Crippen molar-refractivity contribution in [2.75, 3.05) is 0 Å². The molecule has 0 saturated heterocycles. The molecule has 1 aliphatic rings. The van der Waals surface area contributed by atoms with E-state index in [0.717, 1.165) is 31.8 Å². The van der Waals surface area contributed by atoms with Gasteiger partial charge in [0.25, 0.3) is 0 Å². The highest BCUT2D eigenvalue weighted by molar-refractivity contribution is 6.30. The SMILES string of the molecule is C=C/C=C(F)\C(=C/C)C(C)(F)c1nc(C)nc(C(=O)O)nc(-c2cncc(Cl)c2)cn1CC1CCC(C)CC1. The lowest BCUT2D eigenvalue weighted by Crippen LogP contribution is -2.29. The van der Waals surface area contributed by atoms with Crippen LogP contribution in [0.5, 0.6) is 0 Å². The van der Waals surface area contributed by atoms with Gasteiger partial charge < -0.3 is 9.67 Å². The number of carboxylic acids is 1. The quantitative estimate of drug-likeness (QED) is 0.337. The Morgan fingerprint density at radius 1 is 1.26 bits per heavy atom. The zero-order valence-electron chi connectivity index (χ0n) is 22.7. The zero-order valence-corrected chi connectivity index (χ0v) is 23.4. The van der Waals surface area contributed by atoms with Gasteiger partial charge in [0.1, 0.15) is 11.7 Å². The highest BCUT2D eigenvalue weighted by atomic mass is 35.5. The Bertz CT molecular complexity index is 1340. The first kappa shape index (κ1) is 30.1. The fourth-order valence-corrected chi connectivity index (χ4v) is 4.98. The van der Waals surface area contributed by atoms with E-state index < -0.39 is 23.3 Å². The maximum absolute atomic E-state index is 16.9. The van der Waals surface area contributed by atoms with Crippen molar-refractivity contribution in [3.05, 3.63) is 83.4 Å². The molecule has 0 bridgehead atoms. The van der Waals surface area contributed by atoms with Crippen LogP contribution in [0.1, 0.15) is 68.7 Å². The average molecular weight is 558 g/mol. The molecule has 39 heavy (non-hydrogen) atoms. The zero-order chi connectivity index (χ0) is 28.7. The van der Waals surface area contributed by atoms with E-state index in [-0.39, 0.29) is 28.8 Å². The molecular weight excluding hydrogens is 524 g/mol. The van der Waals surface area contributed by atoms with Crippen molar-refractivity contribution < 1.29 is 18.7 Å². The molecule has 3 rings (SSSR count). The number of aromatic nitrogens is 5. The fourth-order valence-electron chi connectivity index (χ4n) is 4.81. The van der Waals surface area contributed by atoms with Crippen LogP contribution in [-0.2, 0) is 12.2 Å². The molecule has 0 aromatic carbocycles. The standard InChI is InChI=1S/C29H34ClF2N5O2/c1-6-8-24(31)23(7-2)29(5,32)28-35-19(4)34-26(27(38)39)36-25(21-13-22(30)15-33-14-21)17-37(28)16-20-11-9-18(3)10-12-20/h6-8,13-15,17-18,20H,1,9-12,16H2,2-5H3,(H,38,39)/b23-7+,24-8+,25-17?,34-19?,35-28?,36-26?. The summed E-state index contributed by atoms with van der Waals surface area (Å²) in [6.45, 7) is 10.3. The van der Waals surface area contributed by atoms with Gasteiger partial charge in [-0.1, -0.05) is 50.1 Å². The van der Waals surface area contributed by atoms with Gasteiger partial charge in [0, 0.05) is 36.3 Å². The van der Waals surface area contributed by atoms with Crippen molar-refractivity contribution in [3.8, 4) is 11.3 Å². The smallest absolute Gasteiger partial charge is 0.374 e. The van der Waals surface area contributed by atoms with Crippen molar-refractivity contribution in [2.24, 2.45) is 11.8 Å². The second-order valence-corrected chi connectivity index (χ2v) is 10.4. The number of carbonyl (C=O) groups is 1. The molecule has 0 amide bonds. The van der Waals surface area contributed by atoms with E-state index in [4.69, 9.17) is 11.6 Å². The highest BCUT2D eigenvalue weighted by Gasteiger charge is 2.37. The second-order valence-electron chi connectivity index (χ2n) is 9.98. The van der Waals surface area contributed by atoms with Crippen molar-refractivity contribution in [1.82, 2.24) is 24.5 Å². The van der Waals surface area contributed by atoms with E-state index in [1.54, 1.807) is 10.6 Å². The summed E-state index contributed by atoms with van der Waals surface area (Å²) in [4.78, 5) is 28.9. The number of hydrogen-bond acceptors (Lipinski definition) is 5. The summed E-state index contributed by atoms with van der Waals surface area (Å²) in [7, 11) is 0. The number of aryl methyl sites for hydroxylation is 1. The number of hydrogen-bond donors (Lipinski definition) is 1. The summed E-state index contributed by atoms with van der Waals surface area (Å²) < 4.78 is 33.6. The van der Waals surface area contributed by atoms with Gasteiger partial charge in [0.15, 0.2) is 11.5 Å². The summed E-state index contributed by atoms with van der Waals surface area (Å²) in [5.74, 6) is -2.12. The summed E-state index contributed by atoms with van der Waals surface area (Å²) in [6.07, 6.45) is 12.0. The maximum Gasteiger partial charge on any atom is 0.374 e. The maximum atomic E-state index is 16.9. The summed E-state index contributed by atoms with van der Waals surface area (Å²) in [5, 5.41) is 10.1. The summed E-state index contributed by atoms with van der Waals surface area (Å²) in [6, 6.07) is 1.58. The molecule has 0 spiro atoms. The van der Waals surface area contributed by atoms with Crippen molar-refractivity contribution in [1.29, 1.82) is 0 Å². The summed E-state index contributed by atoms with van der Waals surface area (Å²) >= 11 is 6.18. The molecule has 1 saturated carbocycles. The third-order valence-electron chi connectivity index (χ3n) is 6.83. The molecule has 10 heteroatoms. The predicted octanol–water partition coefficient (Wildman–Crippen LogP) is 7.52. The van der Waals surface area contributed by atoms with Gasteiger partial charge in [-0.05, 0) is 57.6 Å². The molecule has 1 N–H and O–H groups in total. The topological polar surface area (TPSA) is 93.8 Å². The molecule has 1 unspecified atom stereocenters. The fraction of sp³-hybridized carbons (Fsp3) is 0.414. The van der Waals surface area contributed by atoms with Crippen LogP contribution in [0.2, 0.25) is 5.02 Å². The number of rotatable bonds is 8. The number of alkyl halides is 1. The Kier molecular flexibility index (Phi) is 10.1. The van der Waals surface area contributed by atoms with Gasteiger partial charge >= 0.3 is 5.97 Å². The van der Waals surface area contributed by atoms with Crippen LogP contribution in [0.15, 0.2) is 60.9 Å². The third kappa shape index (κ3) is 7.56. The van der Waals surface area contributed by atoms with E-state index in [1.165, 1.54) is 51.5 Å². The van der Waals surface area contributed by atoms with Crippen LogP contribution in [0.25, 0.3) is 11.3 Å². The first-order valence-electron chi connectivity index (χ1n) is 12.9. The second kappa shape index (κ2) is 13.1. The lowest BCUT2D eigenvalue weighted by Gasteiger charge is -2.30. The van der Waals surface area contributed by atoms with Crippen LogP contribution < -0.4 is 0 Å². The first-order chi connectivity index (χ1) is 18.5. The van der Waals surface area contributed by atoms with E-state index >= 15 is 8.78 Å². The lowest BCUT2D eigenvalue weighted by molar-refractivity contribution is 0.0683. The van der Waals surface area contributed by atoms with Crippen LogP contribution >= 0.6 is 11.6 Å². The Hall–Kier alpha value is -3.46. The monoisotopic (exact) mass is 557 g/mol. The van der Waals surface area contributed by atoms with Crippen LogP contribution in [-0.4, -0.2) is 35.6 Å². The number of nitrogens with zero attached hydrogens (tertiary/aromatic N) is 5. The van der Waals surface area contributed by atoms with Gasteiger partial charge in [-0.2, -0.15) is 0 Å². The van der Waals surface area contributed by atoms with Crippen LogP contribution in [0.3, 0.4) is 0 Å². The normalized spacial score (nSPS) is 19.7. The Balaban J connectivity index is 2.43. The first-order valence-corrected chi connectivity index (χ1v) is 13.2. The molecular formula is C29H34ClF2N5O2. The van der Waals surface area contributed by atoms with E-state index in [9.17, 15) is 9.90 Å². The molecule has 1 atom stereocenters. The van der Waals surface area contributed by atoms with Crippen molar-refractivity contribution in [2.45, 2.75) is 65.6 Å². The highest BCUT2D eigenvalue weighted by Crippen LogP contribution is 2.38. The minimum atomic E-state index is -2.43. The molecule has 7 nitrogen and oxygen atoms in total. The van der Waals surface area contributed by atoms with Crippen molar-refractivity contribution >= 4 is 17.6 Å². The van der Waals surface area contributed by atoms with Gasteiger partial charge in [-0.15, -0.1) is 0 Å². The van der Waals surface area contributed by atoms with Crippen LogP contribution in [0.4, 0.5) is 8.78 Å². The van der Waals surface area contributed by atoms with Gasteiger partial charge in [-0.3, -0.25) is 4.98 Å². The van der Waals surface area contributed by atoms with E-state index in [2.05, 4.69) is 33.4 Å². The van der Waals surface area contributed by atoms with Crippen molar-refractivity contribution in [3.63, 3.8) is 0 Å². The molecule has 2 aromatic rings. The molecule has 2 heterocycles. The Morgan fingerprint density at radius 2 is 1.95 bits per heavy atom. The Morgan fingerprint density at radius 3 is 2.54 bits per heavy atom. The average Bonchev–Trinajstić information content (AvgIpc) is 2.94. The molecule has 1 aliphatic carbocycles. The van der Waals surface area contributed by atoms with E-state index in [0.29, 0.717) is 23.0 Å². The Labute approximate surface area is 232 Å². The van der Waals surface area contributed by atoms with Gasteiger partial charge in [-0.25, -0.2) is 28.5 Å². The minimum Gasteiger partial charge on any atom is -0.475 e. The van der Waals surface area contributed by atoms with Gasteiger partial charge in [0.05, 0.1) is 10.7 Å². The number of allylic oxidation sites excluding steroid dienone is 5. The molecule has 1 fully saturated rings. The minimum absolute atomic E-state index is 0.0419. The number of halogens is 3. The number of carboxylic acid groups (broad SMARTS) is 1. The lowest BCUT2D eigenvalue weighted by atomic mass is 9.83. The molecule has 0 radical (unpaired) electrons. The predicted molar refractivity (Wildman–Crippen MR) is 148 cm³/mol. The largest absolute Gasteiger partial charge is 0.475 e. The molecule has 2 aromatic heterocycles. The number of pyridine rings is 1. The van der Waals surface area contributed by atoms with E-state index in [1.807, 2.05) is 0 Å². The third-order valence-corrected chi connectivity index (χ3v) is 7.04. The number of aromatic carboxylic acids is 1. The molecule has 0 aliphatic heterocycles.